The van der Waals surface area contributed by atoms with Gasteiger partial charge in [-0.2, -0.15) is 0 Å². The van der Waals surface area contributed by atoms with Crippen molar-refractivity contribution in [2.45, 2.75) is 32.4 Å². The fourth-order valence-corrected chi connectivity index (χ4v) is 4.35. The van der Waals surface area contributed by atoms with Crippen LogP contribution in [-0.4, -0.2) is 44.7 Å². The van der Waals surface area contributed by atoms with Gasteiger partial charge < -0.3 is 14.8 Å². The molecule has 2 aromatic carbocycles. The van der Waals surface area contributed by atoms with Gasteiger partial charge in [0.05, 0.1) is 17.1 Å². The molecular weight excluding hydrogens is 352 g/mol. The topological polar surface area (TPSA) is 69.3 Å². The van der Waals surface area contributed by atoms with Gasteiger partial charge in [-0.25, -0.2) is 4.98 Å². The molecule has 1 unspecified atom stereocenters. The van der Waals surface area contributed by atoms with Crippen molar-refractivity contribution in [3.63, 3.8) is 0 Å². The van der Waals surface area contributed by atoms with E-state index in [2.05, 4.69) is 18.0 Å². The molecule has 6 nitrogen and oxygen atoms in total. The van der Waals surface area contributed by atoms with Gasteiger partial charge in [0.25, 0.3) is 5.91 Å². The van der Waals surface area contributed by atoms with E-state index >= 15 is 0 Å². The zero-order valence-corrected chi connectivity index (χ0v) is 15.8. The van der Waals surface area contributed by atoms with Gasteiger partial charge in [-0.15, -0.1) is 0 Å². The molecular formula is C22H22N4O2. The van der Waals surface area contributed by atoms with Crippen LogP contribution >= 0.6 is 0 Å². The molecule has 2 amide bonds. The first kappa shape index (κ1) is 17.0. The minimum Gasteiger partial charge on any atom is -0.340 e. The third-order valence-electron chi connectivity index (χ3n) is 5.77. The molecule has 5 rings (SSSR count). The van der Waals surface area contributed by atoms with Crippen LogP contribution < -0.4 is 0 Å². The fraction of sp³-hybridized carbons (Fsp3) is 0.318. The largest absolute Gasteiger partial charge is 0.340 e. The van der Waals surface area contributed by atoms with E-state index in [9.17, 15) is 9.59 Å². The van der Waals surface area contributed by atoms with Crippen LogP contribution in [0, 0.1) is 6.92 Å². The molecule has 3 heterocycles. The third kappa shape index (κ3) is 2.76. The second-order valence-electron chi connectivity index (χ2n) is 7.71. The van der Waals surface area contributed by atoms with Gasteiger partial charge >= 0.3 is 0 Å². The van der Waals surface area contributed by atoms with Gasteiger partial charge in [0.1, 0.15) is 12.4 Å². The van der Waals surface area contributed by atoms with Crippen molar-refractivity contribution >= 4 is 22.8 Å². The summed E-state index contributed by atoms with van der Waals surface area (Å²) in [7, 11) is 0. The van der Waals surface area contributed by atoms with Gasteiger partial charge in [-0.3, -0.25) is 9.59 Å². The first-order valence-electron chi connectivity index (χ1n) is 9.73. The minimum atomic E-state index is -0.0566. The zero-order chi connectivity index (χ0) is 19.3. The van der Waals surface area contributed by atoms with E-state index in [0.717, 1.165) is 35.3 Å². The summed E-state index contributed by atoms with van der Waals surface area (Å²) in [6, 6.07) is 13.6. The normalized spacial score (nSPS) is 18.9. The van der Waals surface area contributed by atoms with Crippen LogP contribution in [0.25, 0.3) is 11.0 Å². The highest BCUT2D eigenvalue weighted by Crippen LogP contribution is 2.32. The number of benzene rings is 2. The lowest BCUT2D eigenvalue weighted by Crippen LogP contribution is -2.40. The van der Waals surface area contributed by atoms with Crippen LogP contribution in [0.3, 0.4) is 0 Å². The lowest BCUT2D eigenvalue weighted by molar-refractivity contribution is -0.133. The highest BCUT2D eigenvalue weighted by molar-refractivity contribution is 6.00. The maximum atomic E-state index is 13.0. The molecule has 2 aliphatic rings. The van der Waals surface area contributed by atoms with Crippen molar-refractivity contribution in [3.8, 4) is 0 Å². The molecule has 28 heavy (non-hydrogen) atoms. The van der Waals surface area contributed by atoms with E-state index in [0.29, 0.717) is 18.7 Å². The maximum Gasteiger partial charge on any atom is 0.254 e. The van der Waals surface area contributed by atoms with Crippen molar-refractivity contribution in [1.29, 1.82) is 0 Å². The number of nitrogens with one attached hydrogen (secondary N) is 1. The number of rotatable bonds is 3. The summed E-state index contributed by atoms with van der Waals surface area (Å²) < 4.78 is 0. The van der Waals surface area contributed by atoms with Crippen LogP contribution in [0.4, 0.5) is 0 Å². The van der Waals surface area contributed by atoms with E-state index < -0.39 is 0 Å². The Labute approximate surface area is 163 Å². The Morgan fingerprint density at radius 1 is 1.25 bits per heavy atom. The van der Waals surface area contributed by atoms with Gasteiger partial charge in [0.2, 0.25) is 5.91 Å². The number of fused-ring (bicyclic) bond motifs is 2. The third-order valence-corrected chi connectivity index (χ3v) is 5.77. The summed E-state index contributed by atoms with van der Waals surface area (Å²) in [5, 5.41) is 0. The summed E-state index contributed by atoms with van der Waals surface area (Å²) in [4.78, 5) is 37.3. The van der Waals surface area contributed by atoms with Crippen LogP contribution in [0.15, 0.2) is 42.5 Å². The lowest BCUT2D eigenvalue weighted by atomic mass is 10.1. The molecule has 0 saturated carbocycles. The second kappa shape index (κ2) is 6.48. The molecule has 1 fully saturated rings. The zero-order valence-electron chi connectivity index (χ0n) is 15.8. The maximum absolute atomic E-state index is 13.0. The van der Waals surface area contributed by atoms with Gasteiger partial charge in [-0.1, -0.05) is 24.3 Å². The number of amides is 2. The summed E-state index contributed by atoms with van der Waals surface area (Å²) in [6.45, 7) is 3.37. The molecule has 1 atom stereocenters. The first-order chi connectivity index (χ1) is 13.6. The Morgan fingerprint density at radius 3 is 2.96 bits per heavy atom. The first-order valence-corrected chi connectivity index (χ1v) is 9.73. The van der Waals surface area contributed by atoms with Crippen LogP contribution in [0.2, 0.25) is 0 Å². The molecule has 2 aliphatic heterocycles. The second-order valence-corrected chi connectivity index (χ2v) is 7.71. The van der Waals surface area contributed by atoms with Gasteiger partial charge in [-0.05, 0) is 49.1 Å². The van der Waals surface area contributed by atoms with Crippen LogP contribution in [-0.2, 0) is 11.3 Å². The molecule has 3 aromatic rings. The number of aromatic amines is 1. The summed E-state index contributed by atoms with van der Waals surface area (Å²) in [5.74, 6) is 0.765. The summed E-state index contributed by atoms with van der Waals surface area (Å²) in [6.07, 6.45) is 1.83. The molecule has 1 saturated heterocycles. The molecule has 0 radical (unpaired) electrons. The van der Waals surface area contributed by atoms with Crippen LogP contribution in [0.5, 0.6) is 0 Å². The molecule has 6 heteroatoms. The van der Waals surface area contributed by atoms with E-state index in [1.54, 1.807) is 4.90 Å². The smallest absolute Gasteiger partial charge is 0.254 e. The minimum absolute atomic E-state index is 0.0136. The number of imidazole rings is 1. The molecule has 0 spiro atoms. The quantitative estimate of drug-likeness (QED) is 0.765. The van der Waals surface area contributed by atoms with Crippen molar-refractivity contribution in [3.05, 3.63) is 65.0 Å². The summed E-state index contributed by atoms with van der Waals surface area (Å²) >= 11 is 0. The Balaban J connectivity index is 1.35. The molecule has 0 bridgehead atoms. The number of nitrogens with zero attached hydrogens (tertiary/aromatic N) is 3. The number of likely N-dealkylation sites (tertiary alicyclic amines) is 1. The average molecular weight is 374 g/mol. The van der Waals surface area contributed by atoms with Crippen molar-refractivity contribution in [2.75, 3.05) is 13.1 Å². The lowest BCUT2D eigenvalue weighted by Gasteiger charge is -2.25. The number of aromatic nitrogens is 2. The SMILES string of the molecule is Cc1ccc2nc(C3CCCN3C(=O)CN3Cc4ccccc4C3=O)[nH]c2c1. The predicted octanol–water partition coefficient (Wildman–Crippen LogP) is 3.19. The monoisotopic (exact) mass is 374 g/mol. The average Bonchev–Trinajstić information content (AvgIpc) is 3.39. The van der Waals surface area contributed by atoms with E-state index in [1.807, 2.05) is 41.3 Å². The van der Waals surface area contributed by atoms with E-state index in [4.69, 9.17) is 4.98 Å². The Kier molecular flexibility index (Phi) is 3.93. The van der Waals surface area contributed by atoms with Crippen molar-refractivity contribution in [1.82, 2.24) is 19.8 Å². The Hall–Kier alpha value is -3.15. The van der Waals surface area contributed by atoms with E-state index in [1.165, 1.54) is 5.56 Å². The number of carbonyl (C=O) groups is 2. The van der Waals surface area contributed by atoms with Gasteiger partial charge in [0, 0.05) is 18.7 Å². The number of aryl methyl sites for hydroxylation is 1. The highest BCUT2D eigenvalue weighted by atomic mass is 16.2. The Morgan fingerprint density at radius 2 is 2.11 bits per heavy atom. The highest BCUT2D eigenvalue weighted by Gasteiger charge is 2.35. The number of hydrogen-bond donors (Lipinski definition) is 1. The predicted molar refractivity (Wildman–Crippen MR) is 106 cm³/mol. The fourth-order valence-electron chi connectivity index (χ4n) is 4.35. The molecule has 0 aliphatic carbocycles. The molecule has 142 valence electrons. The number of H-pyrrole nitrogens is 1. The summed E-state index contributed by atoms with van der Waals surface area (Å²) in [5.41, 5.74) is 4.80. The number of carbonyl (C=O) groups excluding carboxylic acids is 2. The van der Waals surface area contributed by atoms with E-state index in [-0.39, 0.29) is 24.4 Å². The molecule has 1 aromatic heterocycles. The standard InChI is InChI=1S/C22H22N4O2/c1-14-8-9-17-18(11-14)24-21(23-17)19-7-4-10-26(19)20(27)13-25-12-15-5-2-3-6-16(15)22(25)28/h2-3,5-6,8-9,11,19H,4,7,10,12-13H2,1H3,(H,23,24). The molecule has 1 N–H and O–H groups in total. The van der Waals surface area contributed by atoms with Gasteiger partial charge in [0.15, 0.2) is 0 Å². The van der Waals surface area contributed by atoms with Crippen LogP contribution in [0.1, 0.15) is 46.2 Å². The van der Waals surface area contributed by atoms with Crippen molar-refractivity contribution < 1.29 is 9.59 Å². The number of hydrogen-bond acceptors (Lipinski definition) is 3. The van der Waals surface area contributed by atoms with Crippen molar-refractivity contribution in [2.24, 2.45) is 0 Å². The Bertz CT molecular complexity index is 1090.